The van der Waals surface area contributed by atoms with E-state index in [-0.39, 0.29) is 12.7 Å². The Morgan fingerprint density at radius 1 is 1.08 bits per heavy atom. The molecule has 0 bridgehead atoms. The van der Waals surface area contributed by atoms with Crippen LogP contribution in [-0.4, -0.2) is 47.5 Å². The summed E-state index contributed by atoms with van der Waals surface area (Å²) < 4.78 is 0. The van der Waals surface area contributed by atoms with Crippen molar-refractivity contribution >= 4 is 0 Å². The van der Waals surface area contributed by atoms with Gasteiger partial charge in [0.2, 0.25) is 0 Å². The van der Waals surface area contributed by atoms with Gasteiger partial charge in [-0.25, -0.2) is 0 Å². The number of piperidine rings is 1. The van der Waals surface area contributed by atoms with E-state index >= 15 is 0 Å². The van der Waals surface area contributed by atoms with Gasteiger partial charge in [-0.15, -0.1) is 0 Å². The first-order chi connectivity index (χ1) is 6.33. The summed E-state index contributed by atoms with van der Waals surface area (Å²) >= 11 is 0. The quantitative estimate of drug-likeness (QED) is 0.662. The third kappa shape index (κ3) is 4.60. The number of aliphatic hydroxyl groups is 2. The maximum Gasteiger partial charge on any atom is 0.0574 e. The molecule has 0 aliphatic carbocycles. The van der Waals surface area contributed by atoms with Gasteiger partial charge in [-0.05, 0) is 38.8 Å². The lowest BCUT2D eigenvalue weighted by Crippen LogP contribution is -2.32. The highest BCUT2D eigenvalue weighted by Crippen LogP contribution is 2.09. The summed E-state index contributed by atoms with van der Waals surface area (Å²) in [4.78, 5) is 2.41. The van der Waals surface area contributed by atoms with E-state index in [9.17, 15) is 5.11 Å². The molecule has 1 aliphatic rings. The van der Waals surface area contributed by atoms with Gasteiger partial charge < -0.3 is 15.1 Å². The van der Waals surface area contributed by atoms with Crippen LogP contribution in [-0.2, 0) is 0 Å². The monoisotopic (exact) mass is 187 g/mol. The molecule has 0 aromatic heterocycles. The van der Waals surface area contributed by atoms with E-state index in [4.69, 9.17) is 5.11 Å². The maximum atomic E-state index is 9.39. The molecule has 0 radical (unpaired) electrons. The van der Waals surface area contributed by atoms with Crippen LogP contribution in [0.4, 0.5) is 0 Å². The molecule has 0 saturated carbocycles. The summed E-state index contributed by atoms with van der Waals surface area (Å²) in [5, 5.41) is 18.0. The molecule has 1 aliphatic heterocycles. The van der Waals surface area contributed by atoms with Gasteiger partial charge >= 0.3 is 0 Å². The summed E-state index contributed by atoms with van der Waals surface area (Å²) in [5.74, 6) is 0. The van der Waals surface area contributed by atoms with Crippen LogP contribution >= 0.6 is 0 Å². The first-order valence-corrected chi connectivity index (χ1v) is 5.34. The van der Waals surface area contributed by atoms with Crippen molar-refractivity contribution in [2.75, 3.05) is 26.2 Å². The van der Waals surface area contributed by atoms with Crippen molar-refractivity contribution in [3.63, 3.8) is 0 Å². The molecule has 1 fully saturated rings. The summed E-state index contributed by atoms with van der Waals surface area (Å²) in [5.41, 5.74) is 0. The Balaban J connectivity index is 2.03. The van der Waals surface area contributed by atoms with Gasteiger partial charge in [0, 0.05) is 13.2 Å². The van der Waals surface area contributed by atoms with Gasteiger partial charge in [0.15, 0.2) is 0 Å². The second kappa shape index (κ2) is 6.35. The van der Waals surface area contributed by atoms with Crippen molar-refractivity contribution in [2.24, 2.45) is 0 Å². The fourth-order valence-corrected chi connectivity index (χ4v) is 1.81. The molecule has 3 heteroatoms. The van der Waals surface area contributed by atoms with Crippen molar-refractivity contribution in [3.05, 3.63) is 0 Å². The third-order valence-corrected chi connectivity index (χ3v) is 2.69. The minimum atomic E-state index is -0.313. The lowest BCUT2D eigenvalue weighted by molar-refractivity contribution is 0.105. The van der Waals surface area contributed by atoms with Crippen molar-refractivity contribution in [1.82, 2.24) is 4.90 Å². The van der Waals surface area contributed by atoms with Crippen LogP contribution in [0, 0.1) is 0 Å². The second-order valence-corrected chi connectivity index (χ2v) is 3.86. The van der Waals surface area contributed by atoms with Crippen LogP contribution in [0.5, 0.6) is 0 Å². The largest absolute Gasteiger partial charge is 0.396 e. The molecule has 0 aromatic carbocycles. The first-order valence-electron chi connectivity index (χ1n) is 5.34. The molecule has 3 nitrogen and oxygen atoms in total. The van der Waals surface area contributed by atoms with Crippen molar-refractivity contribution in [1.29, 1.82) is 0 Å². The molecule has 2 N–H and O–H groups in total. The summed E-state index contributed by atoms with van der Waals surface area (Å²) in [7, 11) is 0. The van der Waals surface area contributed by atoms with Gasteiger partial charge in [0.1, 0.15) is 0 Å². The minimum Gasteiger partial charge on any atom is -0.396 e. The van der Waals surface area contributed by atoms with Crippen molar-refractivity contribution < 1.29 is 10.2 Å². The van der Waals surface area contributed by atoms with E-state index in [2.05, 4.69) is 4.90 Å². The predicted octanol–water partition coefficient (Wildman–Crippen LogP) is 0.606. The van der Waals surface area contributed by atoms with E-state index in [1.165, 1.54) is 32.4 Å². The number of hydrogen-bond acceptors (Lipinski definition) is 3. The smallest absolute Gasteiger partial charge is 0.0574 e. The van der Waals surface area contributed by atoms with Crippen molar-refractivity contribution in [3.8, 4) is 0 Å². The lowest BCUT2D eigenvalue weighted by atomic mass is 10.1. The number of nitrogens with zero attached hydrogens (tertiary/aromatic N) is 1. The number of hydrogen-bond donors (Lipinski definition) is 2. The summed E-state index contributed by atoms with van der Waals surface area (Å²) in [6.07, 6.45) is 4.97. The van der Waals surface area contributed by atoms with Gasteiger partial charge in [0.25, 0.3) is 0 Å². The lowest BCUT2D eigenvalue weighted by Gasteiger charge is -2.27. The fourth-order valence-electron chi connectivity index (χ4n) is 1.81. The van der Waals surface area contributed by atoms with E-state index in [0.29, 0.717) is 6.42 Å². The molecule has 0 amide bonds. The molecule has 0 spiro atoms. The van der Waals surface area contributed by atoms with E-state index < -0.39 is 0 Å². The zero-order valence-electron chi connectivity index (χ0n) is 8.28. The Labute approximate surface area is 80.4 Å². The number of rotatable bonds is 5. The third-order valence-electron chi connectivity index (χ3n) is 2.69. The standard InChI is InChI=1S/C10H21NO2/c12-9-5-10(13)4-8-11-6-2-1-3-7-11/h10,12-13H,1-9H2/t10-/m1/s1. The zero-order chi connectivity index (χ0) is 9.52. The van der Waals surface area contributed by atoms with Crippen LogP contribution in [0.2, 0.25) is 0 Å². The fraction of sp³-hybridized carbons (Fsp3) is 1.00. The second-order valence-electron chi connectivity index (χ2n) is 3.86. The van der Waals surface area contributed by atoms with E-state index in [1.54, 1.807) is 0 Å². The molecular weight excluding hydrogens is 166 g/mol. The van der Waals surface area contributed by atoms with Crippen LogP contribution in [0.15, 0.2) is 0 Å². The topological polar surface area (TPSA) is 43.7 Å². The van der Waals surface area contributed by atoms with E-state index in [0.717, 1.165) is 13.0 Å². The highest BCUT2D eigenvalue weighted by molar-refractivity contribution is 4.66. The molecule has 1 saturated heterocycles. The molecular formula is C10H21NO2. The Hall–Kier alpha value is -0.120. The van der Waals surface area contributed by atoms with Crippen LogP contribution < -0.4 is 0 Å². The van der Waals surface area contributed by atoms with Crippen LogP contribution in [0.25, 0.3) is 0 Å². The van der Waals surface area contributed by atoms with Gasteiger partial charge in [0.05, 0.1) is 6.10 Å². The average molecular weight is 187 g/mol. The molecule has 1 atom stereocenters. The molecule has 78 valence electrons. The Kier molecular flexibility index (Phi) is 5.35. The van der Waals surface area contributed by atoms with Crippen molar-refractivity contribution in [2.45, 2.75) is 38.2 Å². The van der Waals surface area contributed by atoms with Crippen LogP contribution in [0.1, 0.15) is 32.1 Å². The Morgan fingerprint density at radius 2 is 1.77 bits per heavy atom. The maximum absolute atomic E-state index is 9.39. The van der Waals surface area contributed by atoms with Gasteiger partial charge in [-0.3, -0.25) is 0 Å². The molecule has 1 heterocycles. The number of aliphatic hydroxyl groups excluding tert-OH is 2. The van der Waals surface area contributed by atoms with Gasteiger partial charge in [-0.1, -0.05) is 6.42 Å². The number of likely N-dealkylation sites (tertiary alicyclic amines) is 1. The zero-order valence-corrected chi connectivity index (χ0v) is 8.28. The molecule has 13 heavy (non-hydrogen) atoms. The summed E-state index contributed by atoms with van der Waals surface area (Å²) in [6, 6.07) is 0. The summed E-state index contributed by atoms with van der Waals surface area (Å²) in [6.45, 7) is 3.46. The van der Waals surface area contributed by atoms with Crippen LogP contribution in [0.3, 0.4) is 0 Å². The highest BCUT2D eigenvalue weighted by atomic mass is 16.3. The SMILES string of the molecule is OCC[C@H](O)CCN1CCCCC1. The molecule has 1 rings (SSSR count). The Morgan fingerprint density at radius 3 is 2.38 bits per heavy atom. The predicted molar refractivity (Wildman–Crippen MR) is 52.6 cm³/mol. The minimum absolute atomic E-state index is 0.0984. The first kappa shape index (κ1) is 11.0. The van der Waals surface area contributed by atoms with Gasteiger partial charge in [-0.2, -0.15) is 0 Å². The Bertz CT molecular complexity index is 124. The normalized spacial score (nSPS) is 21.7. The molecule has 0 aromatic rings. The average Bonchev–Trinajstić information content (AvgIpc) is 2.17. The van der Waals surface area contributed by atoms with E-state index in [1.807, 2.05) is 0 Å². The molecule has 0 unspecified atom stereocenters. The highest BCUT2D eigenvalue weighted by Gasteiger charge is 2.11.